The average Bonchev–Trinajstić information content (AvgIpc) is 2.86. The number of nitrogens with zero attached hydrogens (tertiary/aromatic N) is 3. The van der Waals surface area contributed by atoms with Crippen molar-refractivity contribution >= 4 is 5.96 Å². The van der Waals surface area contributed by atoms with Crippen molar-refractivity contribution in [3.8, 4) is 0 Å². The normalized spacial score (nSPS) is 12.8. The van der Waals surface area contributed by atoms with Gasteiger partial charge in [0.1, 0.15) is 5.76 Å². The van der Waals surface area contributed by atoms with Crippen LogP contribution in [0.4, 0.5) is 0 Å². The number of nitrogens with one attached hydrogen (secondary N) is 2. The van der Waals surface area contributed by atoms with Crippen LogP contribution in [0.3, 0.4) is 0 Å². The first kappa shape index (κ1) is 17.5. The molecule has 0 saturated heterocycles. The topological polar surface area (TPSA) is 65.7 Å². The van der Waals surface area contributed by atoms with Crippen LogP contribution in [0.25, 0.3) is 0 Å². The minimum Gasteiger partial charge on any atom is -0.443 e. The zero-order chi connectivity index (χ0) is 15.9. The maximum atomic E-state index is 5.74. The Balaban J connectivity index is 2.37. The van der Waals surface area contributed by atoms with Crippen molar-refractivity contribution in [3.63, 3.8) is 0 Å². The van der Waals surface area contributed by atoms with Gasteiger partial charge in [-0.15, -0.1) is 0 Å². The van der Waals surface area contributed by atoms with Crippen LogP contribution in [0.15, 0.2) is 15.6 Å². The Bertz CT molecular complexity index is 445. The van der Waals surface area contributed by atoms with Gasteiger partial charge in [0, 0.05) is 19.0 Å². The Morgan fingerprint density at radius 2 is 2.05 bits per heavy atom. The standard InChI is InChI=1S/C15H29N5O/c1-15(2,3)12-10-18-13(21-12)11-19-14(16-4)17-8-7-9-20(5)6/h10H,7-9,11H2,1-6H3,(H2,16,17,19). The van der Waals surface area contributed by atoms with Crippen molar-refractivity contribution in [2.24, 2.45) is 4.99 Å². The minimum absolute atomic E-state index is 0.0165. The number of aliphatic imine (C=N–C) groups is 1. The summed E-state index contributed by atoms with van der Waals surface area (Å²) in [6, 6.07) is 0. The van der Waals surface area contributed by atoms with Gasteiger partial charge in [-0.2, -0.15) is 0 Å². The molecule has 6 nitrogen and oxygen atoms in total. The van der Waals surface area contributed by atoms with Crippen LogP contribution in [-0.2, 0) is 12.0 Å². The molecule has 0 unspecified atom stereocenters. The second-order valence-electron chi connectivity index (χ2n) is 6.38. The number of rotatable bonds is 6. The molecule has 6 heteroatoms. The number of hydrogen-bond donors (Lipinski definition) is 2. The Hall–Kier alpha value is -1.56. The quantitative estimate of drug-likeness (QED) is 0.474. The van der Waals surface area contributed by atoms with Gasteiger partial charge in [-0.3, -0.25) is 4.99 Å². The summed E-state index contributed by atoms with van der Waals surface area (Å²) in [5, 5.41) is 6.48. The molecule has 0 aliphatic heterocycles. The van der Waals surface area contributed by atoms with E-state index in [1.807, 2.05) is 0 Å². The number of guanidine groups is 1. The van der Waals surface area contributed by atoms with Crippen LogP contribution < -0.4 is 10.6 Å². The smallest absolute Gasteiger partial charge is 0.213 e. The summed E-state index contributed by atoms with van der Waals surface area (Å²) in [5.41, 5.74) is -0.0165. The predicted molar refractivity (Wildman–Crippen MR) is 86.6 cm³/mol. The van der Waals surface area contributed by atoms with E-state index in [-0.39, 0.29) is 5.41 Å². The molecule has 0 aliphatic rings. The highest BCUT2D eigenvalue weighted by Gasteiger charge is 2.19. The molecule has 0 radical (unpaired) electrons. The van der Waals surface area contributed by atoms with Crippen molar-refractivity contribution in [1.29, 1.82) is 0 Å². The van der Waals surface area contributed by atoms with E-state index in [1.165, 1.54) is 0 Å². The van der Waals surface area contributed by atoms with E-state index in [1.54, 1.807) is 13.2 Å². The fourth-order valence-electron chi connectivity index (χ4n) is 1.72. The highest BCUT2D eigenvalue weighted by molar-refractivity contribution is 5.79. The molecule has 0 aliphatic carbocycles. The third kappa shape index (κ3) is 6.62. The predicted octanol–water partition coefficient (Wildman–Crippen LogP) is 1.59. The zero-order valence-corrected chi connectivity index (χ0v) is 14.2. The molecule has 0 atom stereocenters. The van der Waals surface area contributed by atoms with Crippen molar-refractivity contribution in [2.45, 2.75) is 39.2 Å². The van der Waals surface area contributed by atoms with E-state index in [0.717, 1.165) is 31.2 Å². The van der Waals surface area contributed by atoms with Crippen LogP contribution in [0, 0.1) is 0 Å². The van der Waals surface area contributed by atoms with Gasteiger partial charge in [0.25, 0.3) is 0 Å². The molecule has 0 amide bonds. The Kier molecular flexibility index (Phi) is 6.68. The molecule has 0 aromatic carbocycles. The highest BCUT2D eigenvalue weighted by atomic mass is 16.4. The lowest BCUT2D eigenvalue weighted by atomic mass is 9.94. The summed E-state index contributed by atoms with van der Waals surface area (Å²) in [7, 11) is 5.91. The third-order valence-corrected chi connectivity index (χ3v) is 3.00. The maximum absolute atomic E-state index is 5.74. The van der Waals surface area contributed by atoms with Gasteiger partial charge in [-0.05, 0) is 27.1 Å². The summed E-state index contributed by atoms with van der Waals surface area (Å²) in [4.78, 5) is 10.6. The Labute approximate surface area is 128 Å². The van der Waals surface area contributed by atoms with Crippen LogP contribution in [0.5, 0.6) is 0 Å². The zero-order valence-electron chi connectivity index (χ0n) is 14.2. The molecule has 21 heavy (non-hydrogen) atoms. The summed E-state index contributed by atoms with van der Waals surface area (Å²) in [6.07, 6.45) is 2.87. The van der Waals surface area contributed by atoms with Gasteiger partial charge in [-0.25, -0.2) is 4.98 Å². The first-order valence-electron chi connectivity index (χ1n) is 7.37. The Morgan fingerprint density at radius 1 is 1.33 bits per heavy atom. The molecule has 0 saturated carbocycles. The summed E-state index contributed by atoms with van der Waals surface area (Å²) in [6.45, 7) is 8.79. The fourth-order valence-corrected chi connectivity index (χ4v) is 1.72. The van der Waals surface area contributed by atoms with Crippen LogP contribution in [0.1, 0.15) is 38.8 Å². The van der Waals surface area contributed by atoms with E-state index in [0.29, 0.717) is 12.4 Å². The molecular weight excluding hydrogens is 266 g/mol. The molecule has 1 rings (SSSR count). The van der Waals surface area contributed by atoms with E-state index < -0.39 is 0 Å². The molecule has 0 bridgehead atoms. The van der Waals surface area contributed by atoms with Gasteiger partial charge in [0.2, 0.25) is 5.89 Å². The van der Waals surface area contributed by atoms with E-state index in [9.17, 15) is 0 Å². The van der Waals surface area contributed by atoms with Crippen LogP contribution in [0.2, 0.25) is 0 Å². The molecule has 2 N–H and O–H groups in total. The Morgan fingerprint density at radius 3 is 2.57 bits per heavy atom. The number of hydrogen-bond acceptors (Lipinski definition) is 4. The summed E-state index contributed by atoms with van der Waals surface area (Å²) < 4.78 is 5.74. The fraction of sp³-hybridized carbons (Fsp3) is 0.733. The summed E-state index contributed by atoms with van der Waals surface area (Å²) >= 11 is 0. The van der Waals surface area contributed by atoms with Crippen LogP contribution in [-0.4, -0.2) is 50.1 Å². The minimum atomic E-state index is -0.0165. The monoisotopic (exact) mass is 295 g/mol. The van der Waals surface area contributed by atoms with Crippen molar-refractivity contribution < 1.29 is 4.42 Å². The van der Waals surface area contributed by atoms with Gasteiger partial charge in [0.05, 0.1) is 12.7 Å². The summed E-state index contributed by atoms with van der Waals surface area (Å²) in [5.74, 6) is 2.34. The van der Waals surface area contributed by atoms with E-state index in [4.69, 9.17) is 4.42 Å². The van der Waals surface area contributed by atoms with Crippen LogP contribution >= 0.6 is 0 Å². The first-order valence-corrected chi connectivity index (χ1v) is 7.37. The molecular formula is C15H29N5O. The highest BCUT2D eigenvalue weighted by Crippen LogP contribution is 2.22. The lowest BCUT2D eigenvalue weighted by Gasteiger charge is -2.14. The lowest BCUT2D eigenvalue weighted by Crippen LogP contribution is -2.38. The van der Waals surface area contributed by atoms with Gasteiger partial charge in [0.15, 0.2) is 5.96 Å². The second kappa shape index (κ2) is 8.02. The molecule has 1 heterocycles. The number of aromatic nitrogens is 1. The number of oxazole rings is 1. The van der Waals surface area contributed by atoms with Crippen molar-refractivity contribution in [2.75, 3.05) is 34.2 Å². The average molecular weight is 295 g/mol. The molecule has 0 spiro atoms. The SMILES string of the molecule is CN=C(NCCCN(C)C)NCc1ncc(C(C)(C)C)o1. The van der Waals surface area contributed by atoms with Crippen molar-refractivity contribution in [1.82, 2.24) is 20.5 Å². The largest absolute Gasteiger partial charge is 0.443 e. The van der Waals surface area contributed by atoms with Crippen molar-refractivity contribution in [3.05, 3.63) is 17.8 Å². The second-order valence-corrected chi connectivity index (χ2v) is 6.38. The first-order chi connectivity index (χ1) is 9.82. The maximum Gasteiger partial charge on any atom is 0.213 e. The van der Waals surface area contributed by atoms with E-state index >= 15 is 0 Å². The van der Waals surface area contributed by atoms with Gasteiger partial charge in [-0.1, -0.05) is 20.8 Å². The lowest BCUT2D eigenvalue weighted by molar-refractivity contribution is 0.379. The molecule has 1 aromatic heterocycles. The molecule has 120 valence electrons. The van der Waals surface area contributed by atoms with Gasteiger partial charge < -0.3 is 20.0 Å². The third-order valence-electron chi connectivity index (χ3n) is 3.00. The molecule has 0 fully saturated rings. The molecule has 1 aromatic rings. The van der Waals surface area contributed by atoms with E-state index in [2.05, 4.69) is 60.4 Å². The van der Waals surface area contributed by atoms with Gasteiger partial charge >= 0.3 is 0 Å².